The number of nitrogens with one attached hydrogen (secondary N) is 1. The minimum Gasteiger partial charge on any atom is -0.267 e. The third kappa shape index (κ3) is 2.60. The Balaban J connectivity index is 1.90. The van der Waals surface area contributed by atoms with Gasteiger partial charge in [0.25, 0.3) is 5.56 Å². The molecule has 0 aliphatic carbocycles. The van der Waals surface area contributed by atoms with Crippen LogP contribution >= 0.6 is 11.8 Å². The SMILES string of the molecule is Cc1n[nH]c(=O)c2cc(SCc3ccccc3)ccc12. The Morgan fingerprint density at radius 1 is 1.10 bits per heavy atom. The molecule has 0 aliphatic rings. The molecule has 0 amide bonds. The largest absolute Gasteiger partial charge is 0.272 e. The number of fused-ring (bicyclic) bond motifs is 1. The zero-order chi connectivity index (χ0) is 13.9. The molecule has 0 saturated carbocycles. The molecule has 0 unspecified atom stereocenters. The normalized spacial score (nSPS) is 10.8. The smallest absolute Gasteiger partial charge is 0.267 e. The summed E-state index contributed by atoms with van der Waals surface area (Å²) in [6.45, 7) is 1.90. The zero-order valence-electron chi connectivity index (χ0n) is 11.1. The molecule has 0 saturated heterocycles. The van der Waals surface area contributed by atoms with E-state index in [0.29, 0.717) is 5.39 Å². The van der Waals surface area contributed by atoms with Crippen LogP contribution in [0.3, 0.4) is 0 Å². The molecule has 4 heteroatoms. The van der Waals surface area contributed by atoms with E-state index >= 15 is 0 Å². The van der Waals surface area contributed by atoms with Crippen molar-refractivity contribution in [2.45, 2.75) is 17.6 Å². The Labute approximate surface area is 121 Å². The summed E-state index contributed by atoms with van der Waals surface area (Å²) in [4.78, 5) is 12.9. The van der Waals surface area contributed by atoms with E-state index in [1.807, 2.05) is 43.3 Å². The first-order valence-electron chi connectivity index (χ1n) is 6.40. The number of aromatic amines is 1. The first-order valence-corrected chi connectivity index (χ1v) is 7.38. The van der Waals surface area contributed by atoms with Crippen molar-refractivity contribution in [2.24, 2.45) is 0 Å². The molecule has 2 aromatic carbocycles. The monoisotopic (exact) mass is 282 g/mol. The number of nitrogens with zero attached hydrogens (tertiary/aromatic N) is 1. The van der Waals surface area contributed by atoms with Crippen LogP contribution in [-0.4, -0.2) is 10.2 Å². The standard InChI is InChI=1S/C16H14N2OS/c1-11-14-8-7-13(9-15(14)16(19)18-17-11)20-10-12-5-3-2-4-6-12/h2-9H,10H2,1H3,(H,18,19). The molecule has 0 radical (unpaired) electrons. The molecule has 20 heavy (non-hydrogen) atoms. The molecule has 3 rings (SSSR count). The number of aromatic nitrogens is 2. The van der Waals surface area contributed by atoms with Crippen LogP contribution in [0, 0.1) is 6.92 Å². The molecule has 0 spiro atoms. The van der Waals surface area contributed by atoms with Crippen molar-refractivity contribution in [3.8, 4) is 0 Å². The molecule has 1 heterocycles. The average Bonchev–Trinajstić information content (AvgIpc) is 2.50. The van der Waals surface area contributed by atoms with Gasteiger partial charge in [0, 0.05) is 16.0 Å². The van der Waals surface area contributed by atoms with Crippen molar-refractivity contribution in [1.29, 1.82) is 0 Å². The van der Waals surface area contributed by atoms with E-state index in [4.69, 9.17) is 0 Å². The summed E-state index contributed by atoms with van der Waals surface area (Å²) in [6.07, 6.45) is 0. The molecule has 1 N–H and O–H groups in total. The van der Waals surface area contributed by atoms with Gasteiger partial charge < -0.3 is 0 Å². The molecule has 0 fully saturated rings. The molecule has 0 bridgehead atoms. The molecular formula is C16H14N2OS. The van der Waals surface area contributed by atoms with E-state index in [1.165, 1.54) is 5.56 Å². The van der Waals surface area contributed by atoms with Gasteiger partial charge in [0.1, 0.15) is 0 Å². The fraction of sp³-hybridized carbons (Fsp3) is 0.125. The van der Waals surface area contributed by atoms with Crippen LogP contribution in [0.2, 0.25) is 0 Å². The lowest BCUT2D eigenvalue weighted by molar-refractivity contribution is 0.969. The van der Waals surface area contributed by atoms with Gasteiger partial charge in [0.05, 0.1) is 11.1 Å². The van der Waals surface area contributed by atoms with Gasteiger partial charge in [-0.3, -0.25) is 4.79 Å². The van der Waals surface area contributed by atoms with Crippen molar-refractivity contribution in [3.05, 3.63) is 70.1 Å². The molecule has 3 aromatic rings. The molecule has 100 valence electrons. The fourth-order valence-corrected chi connectivity index (χ4v) is 3.00. The summed E-state index contributed by atoms with van der Waals surface area (Å²) < 4.78 is 0. The maximum Gasteiger partial charge on any atom is 0.272 e. The highest BCUT2D eigenvalue weighted by atomic mass is 32.2. The minimum atomic E-state index is -0.132. The maximum absolute atomic E-state index is 11.8. The Morgan fingerprint density at radius 2 is 1.90 bits per heavy atom. The van der Waals surface area contributed by atoms with E-state index in [0.717, 1.165) is 21.7 Å². The Bertz CT molecular complexity index is 796. The van der Waals surface area contributed by atoms with Gasteiger partial charge >= 0.3 is 0 Å². The van der Waals surface area contributed by atoms with Gasteiger partial charge in [0.15, 0.2) is 0 Å². The van der Waals surface area contributed by atoms with Gasteiger partial charge in [0.2, 0.25) is 0 Å². The summed E-state index contributed by atoms with van der Waals surface area (Å²) in [5.41, 5.74) is 1.99. The molecule has 0 aliphatic heterocycles. The molecular weight excluding hydrogens is 268 g/mol. The summed E-state index contributed by atoms with van der Waals surface area (Å²) in [5, 5.41) is 8.13. The van der Waals surface area contributed by atoms with Crippen LogP contribution in [0.4, 0.5) is 0 Å². The van der Waals surface area contributed by atoms with Crippen molar-refractivity contribution < 1.29 is 0 Å². The lowest BCUT2D eigenvalue weighted by atomic mass is 10.1. The van der Waals surface area contributed by atoms with Gasteiger partial charge in [-0.05, 0) is 24.6 Å². The van der Waals surface area contributed by atoms with Crippen molar-refractivity contribution in [1.82, 2.24) is 10.2 Å². The quantitative estimate of drug-likeness (QED) is 0.748. The topological polar surface area (TPSA) is 45.8 Å². The number of hydrogen-bond acceptors (Lipinski definition) is 3. The summed E-state index contributed by atoms with van der Waals surface area (Å²) >= 11 is 1.73. The number of thioether (sulfide) groups is 1. The van der Waals surface area contributed by atoms with E-state index < -0.39 is 0 Å². The van der Waals surface area contributed by atoms with E-state index in [-0.39, 0.29) is 5.56 Å². The fourth-order valence-electron chi connectivity index (χ4n) is 2.11. The van der Waals surface area contributed by atoms with Crippen LogP contribution in [-0.2, 0) is 5.75 Å². The number of hydrogen-bond donors (Lipinski definition) is 1. The second-order valence-electron chi connectivity index (χ2n) is 4.62. The summed E-state index contributed by atoms with van der Waals surface area (Å²) in [5.74, 6) is 0.897. The third-order valence-corrected chi connectivity index (χ3v) is 4.26. The van der Waals surface area contributed by atoms with Gasteiger partial charge in [-0.25, -0.2) is 5.10 Å². The number of H-pyrrole nitrogens is 1. The Kier molecular flexibility index (Phi) is 3.56. The lowest BCUT2D eigenvalue weighted by Gasteiger charge is -2.05. The highest BCUT2D eigenvalue weighted by Crippen LogP contribution is 2.25. The first-order chi connectivity index (χ1) is 9.74. The summed E-state index contributed by atoms with van der Waals surface area (Å²) in [6, 6.07) is 16.3. The predicted octanol–water partition coefficient (Wildman–Crippen LogP) is 3.52. The molecule has 0 atom stereocenters. The van der Waals surface area contributed by atoms with Crippen LogP contribution in [0.15, 0.2) is 58.2 Å². The highest BCUT2D eigenvalue weighted by molar-refractivity contribution is 7.98. The Hall–Kier alpha value is -2.07. The lowest BCUT2D eigenvalue weighted by Crippen LogP contribution is -2.09. The van der Waals surface area contributed by atoms with Crippen molar-refractivity contribution in [2.75, 3.05) is 0 Å². The maximum atomic E-state index is 11.8. The number of benzene rings is 2. The first kappa shape index (κ1) is 12.9. The van der Waals surface area contributed by atoms with Crippen LogP contribution in [0.1, 0.15) is 11.3 Å². The molecule has 1 aromatic heterocycles. The average molecular weight is 282 g/mol. The molecule has 3 nitrogen and oxygen atoms in total. The van der Waals surface area contributed by atoms with E-state index in [2.05, 4.69) is 22.3 Å². The second kappa shape index (κ2) is 5.51. The van der Waals surface area contributed by atoms with Gasteiger partial charge in [-0.15, -0.1) is 11.8 Å². The van der Waals surface area contributed by atoms with E-state index in [9.17, 15) is 4.79 Å². The highest BCUT2D eigenvalue weighted by Gasteiger charge is 2.04. The zero-order valence-corrected chi connectivity index (χ0v) is 11.9. The van der Waals surface area contributed by atoms with Crippen molar-refractivity contribution >= 4 is 22.5 Å². The van der Waals surface area contributed by atoms with Crippen LogP contribution in [0.5, 0.6) is 0 Å². The van der Waals surface area contributed by atoms with Crippen LogP contribution < -0.4 is 5.56 Å². The summed E-state index contributed by atoms with van der Waals surface area (Å²) in [7, 11) is 0. The van der Waals surface area contributed by atoms with Gasteiger partial charge in [-0.2, -0.15) is 5.10 Å². The predicted molar refractivity (Wildman–Crippen MR) is 83.1 cm³/mol. The second-order valence-corrected chi connectivity index (χ2v) is 5.67. The minimum absolute atomic E-state index is 0.132. The van der Waals surface area contributed by atoms with Gasteiger partial charge in [-0.1, -0.05) is 36.4 Å². The Morgan fingerprint density at radius 3 is 2.70 bits per heavy atom. The number of aryl methyl sites for hydroxylation is 1. The third-order valence-electron chi connectivity index (χ3n) is 3.20. The van der Waals surface area contributed by atoms with Crippen LogP contribution in [0.25, 0.3) is 10.8 Å². The van der Waals surface area contributed by atoms with Crippen molar-refractivity contribution in [3.63, 3.8) is 0 Å². The van der Waals surface area contributed by atoms with E-state index in [1.54, 1.807) is 11.8 Å². The number of rotatable bonds is 3.